The van der Waals surface area contributed by atoms with Gasteiger partial charge in [0.1, 0.15) is 0 Å². The van der Waals surface area contributed by atoms with Crippen LogP contribution in [0.25, 0.3) is 0 Å². The molecule has 1 fully saturated rings. The Morgan fingerprint density at radius 1 is 1.18 bits per heavy atom. The van der Waals surface area contributed by atoms with E-state index in [0.29, 0.717) is 6.04 Å². The van der Waals surface area contributed by atoms with Gasteiger partial charge in [0.15, 0.2) is 0 Å². The Bertz CT molecular complexity index is 374. The highest BCUT2D eigenvalue weighted by molar-refractivity contribution is 9.11. The highest BCUT2D eigenvalue weighted by atomic mass is 79.9. The number of benzene rings is 1. The summed E-state index contributed by atoms with van der Waals surface area (Å²) in [7, 11) is 2.19. The fourth-order valence-electron chi connectivity index (χ4n) is 2.67. The van der Waals surface area contributed by atoms with Gasteiger partial charge < -0.3 is 4.90 Å². The molecule has 0 bridgehead atoms. The molecular weight excluding hydrogens is 342 g/mol. The minimum absolute atomic E-state index is 0.668. The van der Waals surface area contributed by atoms with Crippen molar-refractivity contribution in [1.82, 2.24) is 0 Å². The Hall–Kier alpha value is -0.0200. The zero-order chi connectivity index (χ0) is 12.4. The monoisotopic (exact) mass is 358 g/mol. The van der Waals surface area contributed by atoms with Crippen molar-refractivity contribution in [2.75, 3.05) is 11.9 Å². The normalized spacial score (nSPS) is 17.2. The maximum atomic E-state index is 4.16. The third-order valence-corrected chi connectivity index (χ3v) is 4.64. The molecule has 0 heterocycles. The molecule has 1 aromatic rings. The first-order valence-corrected chi connectivity index (χ1v) is 7.72. The van der Waals surface area contributed by atoms with Crippen LogP contribution in [0.3, 0.4) is 0 Å². The molecular formula is C14H18Br2N. The van der Waals surface area contributed by atoms with E-state index >= 15 is 0 Å². The van der Waals surface area contributed by atoms with Gasteiger partial charge in [-0.15, -0.1) is 0 Å². The van der Waals surface area contributed by atoms with Gasteiger partial charge in [0, 0.05) is 22.0 Å². The molecule has 0 saturated heterocycles. The second kappa shape index (κ2) is 5.75. The molecule has 1 aliphatic carbocycles. The van der Waals surface area contributed by atoms with Crippen molar-refractivity contribution in [1.29, 1.82) is 0 Å². The Morgan fingerprint density at radius 2 is 1.82 bits per heavy atom. The van der Waals surface area contributed by atoms with Crippen molar-refractivity contribution in [3.05, 3.63) is 33.6 Å². The maximum Gasteiger partial charge on any atom is 0.0544 e. The Labute approximate surface area is 121 Å². The molecule has 0 spiro atoms. The minimum atomic E-state index is 0.668. The van der Waals surface area contributed by atoms with Gasteiger partial charge in [0.25, 0.3) is 0 Å². The lowest BCUT2D eigenvalue weighted by molar-refractivity contribution is 0.427. The van der Waals surface area contributed by atoms with Crippen molar-refractivity contribution in [3.8, 4) is 0 Å². The van der Waals surface area contributed by atoms with Crippen LogP contribution >= 0.6 is 31.9 Å². The molecule has 1 radical (unpaired) electrons. The summed E-state index contributed by atoms with van der Waals surface area (Å²) in [6.45, 7) is 4.16. The number of anilines is 1. The summed E-state index contributed by atoms with van der Waals surface area (Å²) in [5, 5.41) is 0. The molecule has 0 amide bonds. The molecule has 17 heavy (non-hydrogen) atoms. The third-order valence-electron chi connectivity index (χ3n) is 3.58. The van der Waals surface area contributed by atoms with Gasteiger partial charge in [-0.3, -0.25) is 0 Å². The van der Waals surface area contributed by atoms with E-state index in [9.17, 15) is 0 Å². The Kier molecular flexibility index (Phi) is 4.53. The van der Waals surface area contributed by atoms with Crippen LogP contribution in [0.5, 0.6) is 0 Å². The van der Waals surface area contributed by atoms with Crippen LogP contribution in [0.2, 0.25) is 0 Å². The quantitative estimate of drug-likeness (QED) is 0.704. The van der Waals surface area contributed by atoms with Crippen molar-refractivity contribution < 1.29 is 0 Å². The molecule has 0 unspecified atom stereocenters. The Balaban J connectivity index is 2.26. The lowest BCUT2D eigenvalue weighted by Gasteiger charge is -2.34. The summed E-state index contributed by atoms with van der Waals surface area (Å²) < 4.78 is 2.21. The standard InChI is InChI=1S/C14H18Br2N/c1-10-8-11(15)9-13(16)14(10)17(2)12-6-4-3-5-7-12/h8-9,12H,1,3-7H2,2H3. The van der Waals surface area contributed by atoms with Gasteiger partial charge >= 0.3 is 0 Å². The summed E-state index contributed by atoms with van der Waals surface area (Å²) >= 11 is 7.16. The average molecular weight is 360 g/mol. The zero-order valence-corrected chi connectivity index (χ0v) is 13.3. The highest BCUT2D eigenvalue weighted by Gasteiger charge is 2.21. The van der Waals surface area contributed by atoms with Crippen molar-refractivity contribution >= 4 is 37.5 Å². The van der Waals surface area contributed by atoms with E-state index < -0.39 is 0 Å². The van der Waals surface area contributed by atoms with Crippen molar-refractivity contribution in [3.63, 3.8) is 0 Å². The second-order valence-electron chi connectivity index (χ2n) is 4.80. The molecule has 1 aromatic carbocycles. The summed E-state index contributed by atoms with van der Waals surface area (Å²) in [4.78, 5) is 2.40. The van der Waals surface area contributed by atoms with E-state index in [4.69, 9.17) is 0 Å². The highest BCUT2D eigenvalue weighted by Crippen LogP contribution is 2.36. The molecule has 2 rings (SSSR count). The van der Waals surface area contributed by atoms with Gasteiger partial charge in [-0.05, 0) is 53.4 Å². The maximum absolute atomic E-state index is 4.16. The predicted octanol–water partition coefficient (Wildman–Crippen LogP) is 5.16. The summed E-state index contributed by atoms with van der Waals surface area (Å²) in [6.07, 6.45) is 6.71. The average Bonchev–Trinajstić information content (AvgIpc) is 2.28. The molecule has 1 saturated carbocycles. The number of hydrogen-bond donors (Lipinski definition) is 0. The smallest absolute Gasteiger partial charge is 0.0544 e. The van der Waals surface area contributed by atoms with Crippen LogP contribution in [-0.4, -0.2) is 13.1 Å². The predicted molar refractivity (Wildman–Crippen MR) is 81.6 cm³/mol. The lowest BCUT2D eigenvalue weighted by Crippen LogP contribution is -2.34. The van der Waals surface area contributed by atoms with Gasteiger partial charge in [0.2, 0.25) is 0 Å². The zero-order valence-electron chi connectivity index (χ0n) is 10.2. The van der Waals surface area contributed by atoms with Crippen LogP contribution in [-0.2, 0) is 0 Å². The summed E-state index contributed by atoms with van der Waals surface area (Å²) in [5.41, 5.74) is 2.32. The first kappa shape index (κ1) is 13.4. The van der Waals surface area contributed by atoms with Crippen molar-refractivity contribution in [2.24, 2.45) is 0 Å². The van der Waals surface area contributed by atoms with E-state index in [-0.39, 0.29) is 0 Å². The topological polar surface area (TPSA) is 3.24 Å². The van der Waals surface area contributed by atoms with Gasteiger partial charge in [-0.1, -0.05) is 35.2 Å². The van der Waals surface area contributed by atoms with E-state index in [2.05, 4.69) is 62.9 Å². The molecule has 3 heteroatoms. The van der Waals surface area contributed by atoms with Crippen LogP contribution < -0.4 is 4.90 Å². The van der Waals surface area contributed by atoms with Gasteiger partial charge in [-0.25, -0.2) is 0 Å². The number of rotatable bonds is 2. The lowest BCUT2D eigenvalue weighted by atomic mass is 9.94. The molecule has 1 nitrogen and oxygen atoms in total. The number of nitrogens with zero attached hydrogens (tertiary/aromatic N) is 1. The molecule has 1 aliphatic rings. The molecule has 0 N–H and O–H groups in total. The summed E-state index contributed by atoms with van der Waals surface area (Å²) in [6, 6.07) is 4.85. The van der Waals surface area contributed by atoms with Crippen LogP contribution in [0.1, 0.15) is 37.7 Å². The SMILES string of the molecule is [CH2]c1cc(Br)cc(Br)c1N(C)C1CCCCC1. The molecule has 0 atom stereocenters. The Morgan fingerprint density at radius 3 is 2.41 bits per heavy atom. The molecule has 0 aliphatic heterocycles. The molecule has 0 aromatic heterocycles. The first-order chi connectivity index (χ1) is 8.09. The van der Waals surface area contributed by atoms with Gasteiger partial charge in [0.05, 0.1) is 5.69 Å². The number of halogens is 2. The van der Waals surface area contributed by atoms with E-state index in [1.807, 2.05) is 0 Å². The fourth-order valence-corrected chi connectivity index (χ4v) is 4.26. The van der Waals surface area contributed by atoms with Crippen LogP contribution in [0, 0.1) is 6.92 Å². The fraction of sp³-hybridized carbons (Fsp3) is 0.500. The second-order valence-corrected chi connectivity index (χ2v) is 6.57. The van der Waals surface area contributed by atoms with Gasteiger partial charge in [-0.2, -0.15) is 0 Å². The first-order valence-electron chi connectivity index (χ1n) is 6.13. The molecule has 93 valence electrons. The van der Waals surface area contributed by atoms with E-state index in [1.165, 1.54) is 37.8 Å². The van der Waals surface area contributed by atoms with E-state index in [1.54, 1.807) is 0 Å². The summed E-state index contributed by atoms with van der Waals surface area (Å²) in [5.74, 6) is 0. The van der Waals surface area contributed by atoms with Crippen molar-refractivity contribution in [2.45, 2.75) is 38.1 Å². The van der Waals surface area contributed by atoms with Crippen LogP contribution in [0.4, 0.5) is 5.69 Å². The largest absolute Gasteiger partial charge is 0.370 e. The van der Waals surface area contributed by atoms with E-state index in [0.717, 1.165) is 14.5 Å². The minimum Gasteiger partial charge on any atom is -0.370 e. The van der Waals surface area contributed by atoms with Crippen LogP contribution in [0.15, 0.2) is 21.1 Å². The third kappa shape index (κ3) is 3.05. The number of hydrogen-bond acceptors (Lipinski definition) is 1.